The fraction of sp³-hybridized carbons (Fsp3) is 0.682. The molecule has 0 aromatic heterocycles. The molecule has 1 unspecified atom stereocenters. The Morgan fingerprint density at radius 1 is 1.29 bits per heavy atom. The third-order valence-electron chi connectivity index (χ3n) is 5.58. The molecule has 1 aliphatic heterocycles. The number of halogens is 1. The van der Waals surface area contributed by atoms with Gasteiger partial charge in [-0.25, -0.2) is 4.39 Å². The Balaban J connectivity index is 2.38. The van der Waals surface area contributed by atoms with Crippen molar-refractivity contribution in [3.8, 4) is 0 Å². The molecule has 28 heavy (non-hydrogen) atoms. The first kappa shape index (κ1) is 23.0. The third kappa shape index (κ3) is 5.64. The molecule has 1 saturated heterocycles. The van der Waals surface area contributed by atoms with Crippen molar-refractivity contribution in [2.45, 2.75) is 59.7 Å². The number of aliphatic carboxylic acids is 1. The van der Waals surface area contributed by atoms with E-state index in [2.05, 4.69) is 38.8 Å². The van der Waals surface area contributed by atoms with Gasteiger partial charge < -0.3 is 14.4 Å². The molecule has 158 valence electrons. The van der Waals surface area contributed by atoms with Crippen LogP contribution in [0.5, 0.6) is 0 Å². The molecule has 0 spiro atoms. The quantitative estimate of drug-likeness (QED) is 0.680. The standard InChI is InChI=1S/C22H36FNO3Si/c1-21(2,3)19(27-28(6)7)18-13-24(14-22(4,5)20(25)26)12-17(18)15-9-8-10-16(23)11-15/h8-11,17-19,28H,12-14H2,1-7H3,(H,25,26)/t17-,18+,19?/m1/s1. The number of carboxylic acids is 1. The minimum Gasteiger partial charge on any atom is -0.481 e. The zero-order valence-corrected chi connectivity index (χ0v) is 19.5. The minimum atomic E-state index is -1.28. The molecular weight excluding hydrogens is 373 g/mol. The van der Waals surface area contributed by atoms with E-state index in [0.717, 1.165) is 18.7 Å². The van der Waals surface area contributed by atoms with Gasteiger partial charge in [0.2, 0.25) is 0 Å². The minimum absolute atomic E-state index is 0.0466. The van der Waals surface area contributed by atoms with Crippen LogP contribution < -0.4 is 0 Å². The maximum atomic E-state index is 14.0. The maximum absolute atomic E-state index is 14.0. The smallest absolute Gasteiger partial charge is 0.310 e. The van der Waals surface area contributed by atoms with E-state index in [0.29, 0.717) is 6.54 Å². The Bertz CT molecular complexity index is 687. The van der Waals surface area contributed by atoms with Crippen LogP contribution in [0.4, 0.5) is 4.39 Å². The van der Waals surface area contributed by atoms with Gasteiger partial charge in [-0.05, 0) is 50.1 Å². The average molecular weight is 410 g/mol. The summed E-state index contributed by atoms with van der Waals surface area (Å²) in [5.41, 5.74) is 0.0990. The summed E-state index contributed by atoms with van der Waals surface area (Å²) in [5.74, 6) is -0.706. The molecule has 1 N–H and O–H groups in total. The Morgan fingerprint density at radius 3 is 2.43 bits per heavy atom. The molecule has 1 heterocycles. The van der Waals surface area contributed by atoms with Crippen LogP contribution in [0, 0.1) is 22.6 Å². The van der Waals surface area contributed by atoms with E-state index in [1.54, 1.807) is 26.0 Å². The summed E-state index contributed by atoms with van der Waals surface area (Å²) in [6, 6.07) is 6.84. The van der Waals surface area contributed by atoms with Crippen LogP contribution in [0.25, 0.3) is 0 Å². The normalized spacial score (nSPS) is 22.6. The molecule has 1 fully saturated rings. The lowest BCUT2D eigenvalue weighted by Crippen LogP contribution is -2.43. The molecule has 0 aliphatic carbocycles. The van der Waals surface area contributed by atoms with Crippen LogP contribution >= 0.6 is 0 Å². The van der Waals surface area contributed by atoms with E-state index in [1.807, 2.05) is 6.07 Å². The summed E-state index contributed by atoms with van der Waals surface area (Å²) in [5, 5.41) is 9.55. The molecule has 0 radical (unpaired) electrons. The first-order valence-electron chi connectivity index (χ1n) is 10.2. The topological polar surface area (TPSA) is 49.8 Å². The van der Waals surface area contributed by atoms with Gasteiger partial charge in [-0.2, -0.15) is 0 Å². The first-order chi connectivity index (χ1) is 12.8. The number of carboxylic acid groups (broad SMARTS) is 1. The second kappa shape index (κ2) is 8.64. The second-order valence-corrected chi connectivity index (χ2v) is 12.5. The Hall–Kier alpha value is -1.24. The number of rotatable bonds is 7. The van der Waals surface area contributed by atoms with Gasteiger partial charge in [0.25, 0.3) is 0 Å². The molecule has 4 nitrogen and oxygen atoms in total. The van der Waals surface area contributed by atoms with E-state index in [4.69, 9.17) is 4.43 Å². The van der Waals surface area contributed by atoms with E-state index < -0.39 is 20.4 Å². The zero-order valence-electron chi connectivity index (χ0n) is 18.3. The molecule has 0 bridgehead atoms. The van der Waals surface area contributed by atoms with Crippen molar-refractivity contribution in [1.29, 1.82) is 0 Å². The van der Waals surface area contributed by atoms with Crippen molar-refractivity contribution >= 4 is 15.0 Å². The van der Waals surface area contributed by atoms with Gasteiger partial charge in [0.1, 0.15) is 5.82 Å². The van der Waals surface area contributed by atoms with Crippen molar-refractivity contribution in [2.24, 2.45) is 16.7 Å². The van der Waals surface area contributed by atoms with Gasteiger partial charge >= 0.3 is 5.97 Å². The molecule has 2 rings (SSSR count). The van der Waals surface area contributed by atoms with E-state index >= 15 is 0 Å². The van der Waals surface area contributed by atoms with E-state index in [-0.39, 0.29) is 29.2 Å². The summed E-state index contributed by atoms with van der Waals surface area (Å²) in [7, 11) is -1.28. The summed E-state index contributed by atoms with van der Waals surface area (Å²) < 4.78 is 20.5. The first-order valence-corrected chi connectivity index (χ1v) is 13.0. The van der Waals surface area contributed by atoms with Gasteiger partial charge in [-0.15, -0.1) is 0 Å². The van der Waals surface area contributed by atoms with Crippen LogP contribution in [-0.4, -0.2) is 50.8 Å². The molecule has 1 aliphatic rings. The number of hydrogen-bond donors (Lipinski definition) is 1. The van der Waals surface area contributed by atoms with Gasteiger partial charge in [0.05, 0.1) is 11.5 Å². The Labute approximate surface area is 170 Å². The van der Waals surface area contributed by atoms with Crippen molar-refractivity contribution < 1.29 is 18.7 Å². The average Bonchev–Trinajstić information content (AvgIpc) is 2.93. The van der Waals surface area contributed by atoms with Gasteiger partial charge in [-0.3, -0.25) is 4.79 Å². The number of likely N-dealkylation sites (tertiary alicyclic amines) is 1. The molecule has 1 aromatic rings. The number of carbonyl (C=O) groups is 1. The predicted octanol–water partition coefficient (Wildman–Crippen LogP) is 4.37. The molecular formula is C22H36FNO3Si. The summed E-state index contributed by atoms with van der Waals surface area (Å²) in [6.07, 6.45) is 0.0466. The zero-order chi connectivity index (χ0) is 21.3. The monoisotopic (exact) mass is 409 g/mol. The Kier molecular flexibility index (Phi) is 7.11. The lowest BCUT2D eigenvalue weighted by molar-refractivity contribution is -0.147. The summed E-state index contributed by atoms with van der Waals surface area (Å²) in [6.45, 7) is 16.4. The van der Waals surface area contributed by atoms with Crippen molar-refractivity contribution in [3.63, 3.8) is 0 Å². The van der Waals surface area contributed by atoms with Gasteiger partial charge in [0.15, 0.2) is 9.04 Å². The number of benzene rings is 1. The summed E-state index contributed by atoms with van der Waals surface area (Å²) in [4.78, 5) is 13.9. The maximum Gasteiger partial charge on any atom is 0.310 e. The highest BCUT2D eigenvalue weighted by Gasteiger charge is 2.45. The molecule has 6 heteroatoms. The van der Waals surface area contributed by atoms with Gasteiger partial charge in [-0.1, -0.05) is 32.9 Å². The molecule has 1 aromatic carbocycles. The van der Waals surface area contributed by atoms with Crippen LogP contribution in [0.15, 0.2) is 24.3 Å². The van der Waals surface area contributed by atoms with Crippen molar-refractivity contribution in [3.05, 3.63) is 35.6 Å². The highest BCUT2D eigenvalue weighted by atomic mass is 28.3. The molecule has 0 saturated carbocycles. The SMILES string of the molecule is C[SiH](C)OC([C@H]1CN(CC(C)(C)C(=O)O)C[C@@H]1c1cccc(F)c1)C(C)(C)C. The van der Waals surface area contributed by atoms with Crippen LogP contribution in [0.1, 0.15) is 46.1 Å². The molecule has 3 atom stereocenters. The number of hydrogen-bond acceptors (Lipinski definition) is 3. The van der Waals surface area contributed by atoms with E-state index in [1.165, 1.54) is 6.07 Å². The number of nitrogens with zero attached hydrogens (tertiary/aromatic N) is 1. The highest BCUT2D eigenvalue weighted by molar-refractivity contribution is 6.48. The van der Waals surface area contributed by atoms with Crippen molar-refractivity contribution in [2.75, 3.05) is 19.6 Å². The summed E-state index contributed by atoms with van der Waals surface area (Å²) >= 11 is 0. The second-order valence-electron chi connectivity index (χ2n) is 10.2. The van der Waals surface area contributed by atoms with Crippen LogP contribution in [0.2, 0.25) is 13.1 Å². The van der Waals surface area contributed by atoms with E-state index in [9.17, 15) is 14.3 Å². The van der Waals surface area contributed by atoms with Crippen LogP contribution in [0.3, 0.4) is 0 Å². The largest absolute Gasteiger partial charge is 0.481 e. The Morgan fingerprint density at radius 2 is 1.93 bits per heavy atom. The lowest BCUT2D eigenvalue weighted by Gasteiger charge is -2.39. The lowest BCUT2D eigenvalue weighted by atomic mass is 9.75. The van der Waals surface area contributed by atoms with Crippen LogP contribution in [-0.2, 0) is 9.22 Å². The highest BCUT2D eigenvalue weighted by Crippen LogP contribution is 2.42. The third-order valence-corrected chi connectivity index (χ3v) is 6.41. The fourth-order valence-electron chi connectivity index (χ4n) is 4.31. The molecule has 0 amide bonds. The van der Waals surface area contributed by atoms with Crippen molar-refractivity contribution in [1.82, 2.24) is 4.90 Å². The fourth-order valence-corrected chi connectivity index (χ4v) is 5.50. The van der Waals surface area contributed by atoms with Gasteiger partial charge in [0, 0.05) is 31.5 Å². The predicted molar refractivity (Wildman–Crippen MR) is 114 cm³/mol.